The van der Waals surface area contributed by atoms with E-state index in [0.717, 1.165) is 12.5 Å². The first kappa shape index (κ1) is 17.8. The molecule has 0 rings (SSSR count). The summed E-state index contributed by atoms with van der Waals surface area (Å²) < 4.78 is 10.5. The highest BCUT2D eigenvalue weighted by Gasteiger charge is 2.23. The van der Waals surface area contributed by atoms with Crippen molar-refractivity contribution in [1.29, 1.82) is 0 Å². The van der Waals surface area contributed by atoms with Crippen LogP contribution in [0.4, 0.5) is 0 Å². The normalized spacial score (nSPS) is 15.7. The van der Waals surface area contributed by atoms with E-state index in [2.05, 4.69) is 45.1 Å². The number of ether oxygens (including phenoxy) is 2. The van der Waals surface area contributed by atoms with Gasteiger partial charge in [-0.15, -0.1) is 0 Å². The van der Waals surface area contributed by atoms with Gasteiger partial charge in [-0.3, -0.25) is 0 Å². The number of hydrogen-bond donors (Lipinski definition) is 1. The molecule has 0 amide bonds. The molecule has 0 bridgehead atoms. The van der Waals surface area contributed by atoms with E-state index in [1.807, 2.05) is 0 Å². The zero-order valence-electron chi connectivity index (χ0n) is 13.2. The maximum Gasteiger partial charge on any atom is 0.171 e. The number of hydrogen-bond acceptors (Lipinski definition) is 4. The fraction of sp³-hybridized carbons (Fsp3) is 1.00. The second kappa shape index (κ2) is 9.73. The third-order valence-corrected chi connectivity index (χ3v) is 3.78. The molecule has 0 aliphatic carbocycles. The van der Waals surface area contributed by atoms with Gasteiger partial charge < -0.3 is 19.7 Å². The molecule has 0 fully saturated rings. The van der Waals surface area contributed by atoms with Crippen LogP contribution in [0.25, 0.3) is 0 Å². The molecule has 0 aliphatic heterocycles. The minimum atomic E-state index is -0.186. The van der Waals surface area contributed by atoms with Gasteiger partial charge in [-0.2, -0.15) is 0 Å². The number of methoxy groups -OCH3 is 2. The van der Waals surface area contributed by atoms with E-state index in [0.29, 0.717) is 6.04 Å². The van der Waals surface area contributed by atoms with Gasteiger partial charge in [-0.1, -0.05) is 26.7 Å². The van der Waals surface area contributed by atoms with Crippen molar-refractivity contribution in [3.8, 4) is 0 Å². The van der Waals surface area contributed by atoms with Crippen LogP contribution in [0.5, 0.6) is 0 Å². The van der Waals surface area contributed by atoms with Gasteiger partial charge in [-0.05, 0) is 26.9 Å². The Morgan fingerprint density at radius 1 is 1.06 bits per heavy atom. The number of likely N-dealkylation sites (N-methyl/N-ethyl adjacent to an activating group) is 1. The lowest BCUT2D eigenvalue weighted by Gasteiger charge is -2.33. The average molecular weight is 260 g/mol. The third kappa shape index (κ3) is 5.65. The molecule has 0 radical (unpaired) electrons. The molecule has 0 heterocycles. The largest absolute Gasteiger partial charge is 0.354 e. The minimum absolute atomic E-state index is 0.186. The summed E-state index contributed by atoms with van der Waals surface area (Å²) in [6.07, 6.45) is 2.25. The summed E-state index contributed by atoms with van der Waals surface area (Å²) in [5.74, 6) is 0.725. The molecule has 4 heteroatoms. The Bertz CT molecular complexity index is 192. The maximum atomic E-state index is 5.27. The molecule has 0 saturated heterocycles. The smallest absolute Gasteiger partial charge is 0.171 e. The molecular formula is C14H32N2O2. The van der Waals surface area contributed by atoms with Crippen molar-refractivity contribution in [2.45, 2.75) is 52.0 Å². The SMILES string of the molecule is CCC(CC)C(CNC(C)C(OC)OC)N(C)C. The highest BCUT2D eigenvalue weighted by atomic mass is 16.7. The highest BCUT2D eigenvalue weighted by molar-refractivity contribution is 4.79. The average Bonchev–Trinajstić information content (AvgIpc) is 2.35. The Morgan fingerprint density at radius 2 is 1.56 bits per heavy atom. The molecule has 110 valence electrons. The Kier molecular flexibility index (Phi) is 9.64. The van der Waals surface area contributed by atoms with Gasteiger partial charge in [-0.25, -0.2) is 0 Å². The summed E-state index contributed by atoms with van der Waals surface area (Å²) in [5, 5.41) is 3.52. The third-order valence-electron chi connectivity index (χ3n) is 3.78. The highest BCUT2D eigenvalue weighted by Crippen LogP contribution is 2.16. The molecule has 0 spiro atoms. The number of nitrogens with zero attached hydrogens (tertiary/aromatic N) is 1. The Morgan fingerprint density at radius 3 is 1.89 bits per heavy atom. The maximum absolute atomic E-state index is 5.27. The van der Waals surface area contributed by atoms with Crippen LogP contribution in [0.2, 0.25) is 0 Å². The molecule has 1 N–H and O–H groups in total. The van der Waals surface area contributed by atoms with Gasteiger partial charge in [0.05, 0.1) is 6.04 Å². The van der Waals surface area contributed by atoms with Crippen LogP contribution < -0.4 is 5.32 Å². The second-order valence-corrected chi connectivity index (χ2v) is 5.14. The van der Waals surface area contributed by atoms with Gasteiger partial charge >= 0.3 is 0 Å². The molecule has 18 heavy (non-hydrogen) atoms. The lowest BCUT2D eigenvalue weighted by atomic mass is 9.93. The van der Waals surface area contributed by atoms with Crippen molar-refractivity contribution in [3.05, 3.63) is 0 Å². The van der Waals surface area contributed by atoms with Crippen LogP contribution in [0.1, 0.15) is 33.6 Å². The van der Waals surface area contributed by atoms with Gasteiger partial charge in [0.1, 0.15) is 0 Å². The quantitative estimate of drug-likeness (QED) is 0.609. The second-order valence-electron chi connectivity index (χ2n) is 5.14. The van der Waals surface area contributed by atoms with Crippen LogP contribution in [0, 0.1) is 5.92 Å². The number of rotatable bonds is 10. The van der Waals surface area contributed by atoms with E-state index in [4.69, 9.17) is 9.47 Å². The molecule has 0 aromatic heterocycles. The van der Waals surface area contributed by atoms with Crippen LogP contribution in [-0.2, 0) is 9.47 Å². The zero-order valence-corrected chi connectivity index (χ0v) is 13.2. The zero-order chi connectivity index (χ0) is 14.1. The first-order valence-corrected chi connectivity index (χ1v) is 6.97. The summed E-state index contributed by atoms with van der Waals surface area (Å²) in [5.41, 5.74) is 0. The summed E-state index contributed by atoms with van der Waals surface area (Å²) in [7, 11) is 7.66. The molecule has 0 aromatic rings. The lowest BCUT2D eigenvalue weighted by Crippen LogP contribution is -2.48. The van der Waals surface area contributed by atoms with E-state index in [-0.39, 0.29) is 12.3 Å². The van der Waals surface area contributed by atoms with Crippen molar-refractivity contribution < 1.29 is 9.47 Å². The Balaban J connectivity index is 4.34. The van der Waals surface area contributed by atoms with E-state index in [9.17, 15) is 0 Å². The summed E-state index contributed by atoms with van der Waals surface area (Å²) >= 11 is 0. The monoisotopic (exact) mass is 260 g/mol. The number of nitrogens with one attached hydrogen (secondary N) is 1. The van der Waals surface area contributed by atoms with E-state index < -0.39 is 0 Å². The predicted molar refractivity (Wildman–Crippen MR) is 76.8 cm³/mol. The summed E-state index contributed by atoms with van der Waals surface area (Å²) in [6, 6.07) is 0.744. The molecule has 0 aromatic carbocycles. The first-order valence-electron chi connectivity index (χ1n) is 6.97. The summed E-state index contributed by atoms with van der Waals surface area (Å²) in [4.78, 5) is 2.31. The summed E-state index contributed by atoms with van der Waals surface area (Å²) in [6.45, 7) is 7.59. The molecular weight excluding hydrogens is 228 g/mol. The van der Waals surface area contributed by atoms with Crippen molar-refractivity contribution in [2.75, 3.05) is 34.9 Å². The van der Waals surface area contributed by atoms with Crippen LogP contribution in [0.3, 0.4) is 0 Å². The fourth-order valence-corrected chi connectivity index (χ4v) is 2.51. The molecule has 4 nitrogen and oxygen atoms in total. The van der Waals surface area contributed by atoms with Crippen molar-refractivity contribution in [3.63, 3.8) is 0 Å². The van der Waals surface area contributed by atoms with Crippen molar-refractivity contribution >= 4 is 0 Å². The van der Waals surface area contributed by atoms with Crippen molar-refractivity contribution in [1.82, 2.24) is 10.2 Å². The van der Waals surface area contributed by atoms with Crippen LogP contribution in [0.15, 0.2) is 0 Å². The minimum Gasteiger partial charge on any atom is -0.354 e. The molecule has 2 atom stereocenters. The molecule has 0 aliphatic rings. The Labute approximate surface area is 113 Å². The topological polar surface area (TPSA) is 33.7 Å². The fourth-order valence-electron chi connectivity index (χ4n) is 2.51. The van der Waals surface area contributed by atoms with Crippen LogP contribution >= 0.6 is 0 Å². The van der Waals surface area contributed by atoms with E-state index >= 15 is 0 Å². The predicted octanol–water partition coefficient (Wildman–Crippen LogP) is 1.95. The van der Waals surface area contributed by atoms with Gasteiger partial charge in [0.15, 0.2) is 6.29 Å². The molecule has 0 saturated carbocycles. The van der Waals surface area contributed by atoms with Crippen molar-refractivity contribution in [2.24, 2.45) is 5.92 Å². The van der Waals surface area contributed by atoms with E-state index in [1.165, 1.54) is 12.8 Å². The lowest BCUT2D eigenvalue weighted by molar-refractivity contribution is -0.120. The van der Waals surface area contributed by atoms with Gasteiger partial charge in [0.25, 0.3) is 0 Å². The Hall–Kier alpha value is -0.160. The van der Waals surface area contributed by atoms with Crippen LogP contribution in [-0.4, -0.2) is 58.1 Å². The molecule has 2 unspecified atom stereocenters. The van der Waals surface area contributed by atoms with Gasteiger partial charge in [0.2, 0.25) is 0 Å². The van der Waals surface area contributed by atoms with E-state index in [1.54, 1.807) is 14.2 Å². The first-order chi connectivity index (χ1) is 8.51. The standard InChI is InChI=1S/C14H32N2O2/c1-8-12(9-2)13(16(4)5)10-15-11(3)14(17-6)18-7/h11-15H,8-10H2,1-7H3. The van der Waals surface area contributed by atoms with Gasteiger partial charge in [0, 0.05) is 26.8 Å².